The Morgan fingerprint density at radius 1 is 1.33 bits per heavy atom. The van der Waals surface area contributed by atoms with Crippen LogP contribution in [-0.2, 0) is 4.74 Å². The number of nitrogens with one attached hydrogen (secondary N) is 1. The Hall–Kier alpha value is -0.260. The summed E-state index contributed by atoms with van der Waals surface area (Å²) in [5.74, 6) is 0. The van der Waals surface area contributed by atoms with Crippen LogP contribution in [0.2, 0.25) is 0 Å². The summed E-state index contributed by atoms with van der Waals surface area (Å²) < 4.78 is 28.0. The van der Waals surface area contributed by atoms with Crippen LogP contribution in [0, 0.1) is 0 Å². The number of alkyl halides is 2. The summed E-state index contributed by atoms with van der Waals surface area (Å²) in [6.07, 6.45) is -1.06. The number of aliphatic hydroxyl groups is 1. The highest BCUT2D eigenvalue weighted by Crippen LogP contribution is 2.12. The number of hydrogen-bond acceptors (Lipinski definition) is 3. The van der Waals surface area contributed by atoms with Gasteiger partial charge in [0.2, 0.25) is 0 Å². The van der Waals surface area contributed by atoms with Crippen LogP contribution in [0.1, 0.15) is 26.7 Å². The van der Waals surface area contributed by atoms with Crippen molar-refractivity contribution in [2.45, 2.75) is 38.7 Å². The van der Waals surface area contributed by atoms with E-state index in [0.29, 0.717) is 25.9 Å². The maximum absolute atomic E-state index is 11.7. The second kappa shape index (κ2) is 7.96. The molecule has 92 valence electrons. The van der Waals surface area contributed by atoms with Crippen LogP contribution >= 0.6 is 0 Å². The van der Waals surface area contributed by atoms with Crippen molar-refractivity contribution in [2.75, 3.05) is 26.3 Å². The average molecular weight is 225 g/mol. The van der Waals surface area contributed by atoms with Gasteiger partial charge in [-0.15, -0.1) is 0 Å². The summed E-state index contributed by atoms with van der Waals surface area (Å²) in [6, 6.07) is 0. The third-order valence-electron chi connectivity index (χ3n) is 2.44. The standard InChI is InChI=1S/C10H21F2NO2/c1-3-10(14,4-2)8-13-5-6-15-7-9(11)12/h9,13-14H,3-8H2,1-2H3. The molecule has 0 amide bonds. The van der Waals surface area contributed by atoms with Gasteiger partial charge in [0.05, 0.1) is 12.2 Å². The summed E-state index contributed by atoms with van der Waals surface area (Å²) in [5, 5.41) is 12.8. The molecule has 0 aromatic heterocycles. The minimum atomic E-state index is -2.41. The molecule has 5 heteroatoms. The number of ether oxygens (including phenoxy) is 1. The molecule has 0 rings (SSSR count). The van der Waals surface area contributed by atoms with Gasteiger partial charge in [0.1, 0.15) is 6.61 Å². The fraction of sp³-hybridized carbons (Fsp3) is 1.00. The molecule has 0 aliphatic carbocycles. The van der Waals surface area contributed by atoms with Gasteiger partial charge < -0.3 is 15.2 Å². The third kappa shape index (κ3) is 7.64. The van der Waals surface area contributed by atoms with Crippen molar-refractivity contribution in [2.24, 2.45) is 0 Å². The lowest BCUT2D eigenvalue weighted by Crippen LogP contribution is -2.40. The van der Waals surface area contributed by atoms with Crippen molar-refractivity contribution in [3.63, 3.8) is 0 Å². The van der Waals surface area contributed by atoms with Gasteiger partial charge in [0.15, 0.2) is 0 Å². The van der Waals surface area contributed by atoms with E-state index in [1.165, 1.54) is 0 Å². The van der Waals surface area contributed by atoms with E-state index >= 15 is 0 Å². The molecular formula is C10H21F2NO2. The first-order chi connectivity index (χ1) is 7.04. The number of halogens is 2. The topological polar surface area (TPSA) is 41.5 Å². The highest BCUT2D eigenvalue weighted by Gasteiger charge is 2.20. The molecule has 0 saturated heterocycles. The van der Waals surface area contributed by atoms with E-state index in [0.717, 1.165) is 0 Å². The van der Waals surface area contributed by atoms with Gasteiger partial charge in [-0.2, -0.15) is 0 Å². The third-order valence-corrected chi connectivity index (χ3v) is 2.44. The zero-order valence-corrected chi connectivity index (χ0v) is 9.43. The van der Waals surface area contributed by atoms with Crippen LogP contribution in [0.15, 0.2) is 0 Å². The Kier molecular flexibility index (Phi) is 7.82. The maximum Gasteiger partial charge on any atom is 0.261 e. The van der Waals surface area contributed by atoms with E-state index in [1.54, 1.807) is 0 Å². The second-order valence-corrected chi connectivity index (χ2v) is 3.57. The Morgan fingerprint density at radius 3 is 2.40 bits per heavy atom. The average Bonchev–Trinajstić information content (AvgIpc) is 2.22. The Labute approximate surface area is 89.8 Å². The predicted molar refractivity (Wildman–Crippen MR) is 55.2 cm³/mol. The molecule has 0 fully saturated rings. The Bertz CT molecular complexity index is 152. The van der Waals surface area contributed by atoms with Crippen LogP contribution in [0.3, 0.4) is 0 Å². The minimum Gasteiger partial charge on any atom is -0.389 e. The van der Waals surface area contributed by atoms with Gasteiger partial charge in [-0.3, -0.25) is 0 Å². The van der Waals surface area contributed by atoms with Gasteiger partial charge >= 0.3 is 0 Å². The highest BCUT2D eigenvalue weighted by molar-refractivity contribution is 4.77. The van der Waals surface area contributed by atoms with Crippen molar-refractivity contribution < 1.29 is 18.6 Å². The van der Waals surface area contributed by atoms with Gasteiger partial charge in [0.25, 0.3) is 6.43 Å². The van der Waals surface area contributed by atoms with Crippen LogP contribution in [-0.4, -0.2) is 43.4 Å². The quantitative estimate of drug-likeness (QED) is 0.583. The van der Waals surface area contributed by atoms with Crippen molar-refractivity contribution in [3.8, 4) is 0 Å². The highest BCUT2D eigenvalue weighted by atomic mass is 19.3. The molecule has 0 aliphatic rings. The summed E-state index contributed by atoms with van der Waals surface area (Å²) in [4.78, 5) is 0. The van der Waals surface area contributed by atoms with E-state index in [1.807, 2.05) is 13.8 Å². The maximum atomic E-state index is 11.7. The molecule has 2 N–H and O–H groups in total. The fourth-order valence-corrected chi connectivity index (χ4v) is 1.14. The zero-order valence-electron chi connectivity index (χ0n) is 9.43. The van der Waals surface area contributed by atoms with Gasteiger partial charge in [0, 0.05) is 13.1 Å². The summed E-state index contributed by atoms with van der Waals surface area (Å²) in [6.45, 7) is 4.51. The normalized spacial score (nSPS) is 12.4. The summed E-state index contributed by atoms with van der Waals surface area (Å²) in [5.41, 5.74) is -0.692. The first-order valence-electron chi connectivity index (χ1n) is 5.33. The first-order valence-corrected chi connectivity index (χ1v) is 5.33. The van der Waals surface area contributed by atoms with E-state index in [9.17, 15) is 13.9 Å². The molecular weight excluding hydrogens is 204 g/mol. The molecule has 0 spiro atoms. The molecule has 0 aromatic carbocycles. The first kappa shape index (κ1) is 14.7. The summed E-state index contributed by atoms with van der Waals surface area (Å²) >= 11 is 0. The molecule has 3 nitrogen and oxygen atoms in total. The molecule has 0 unspecified atom stereocenters. The molecule has 0 radical (unpaired) electrons. The molecule has 0 heterocycles. The van der Waals surface area contributed by atoms with E-state index in [-0.39, 0.29) is 6.61 Å². The molecule has 0 aliphatic heterocycles. The van der Waals surface area contributed by atoms with Crippen molar-refractivity contribution in [1.82, 2.24) is 5.32 Å². The van der Waals surface area contributed by atoms with Crippen LogP contribution in [0.5, 0.6) is 0 Å². The van der Waals surface area contributed by atoms with E-state index in [2.05, 4.69) is 10.1 Å². The smallest absolute Gasteiger partial charge is 0.261 e. The molecule has 0 atom stereocenters. The second-order valence-electron chi connectivity index (χ2n) is 3.57. The Balaban J connectivity index is 3.37. The number of hydrogen-bond donors (Lipinski definition) is 2. The number of rotatable bonds is 9. The zero-order chi connectivity index (χ0) is 11.7. The molecule has 15 heavy (non-hydrogen) atoms. The lowest BCUT2D eigenvalue weighted by atomic mass is 9.98. The van der Waals surface area contributed by atoms with Crippen LogP contribution in [0.4, 0.5) is 8.78 Å². The van der Waals surface area contributed by atoms with E-state index < -0.39 is 18.6 Å². The lowest BCUT2D eigenvalue weighted by Gasteiger charge is -2.25. The predicted octanol–water partition coefficient (Wildman–Crippen LogP) is 1.41. The van der Waals surface area contributed by atoms with Crippen LogP contribution in [0.25, 0.3) is 0 Å². The SMILES string of the molecule is CCC(O)(CC)CNCCOCC(F)F. The van der Waals surface area contributed by atoms with Crippen LogP contribution < -0.4 is 5.32 Å². The Morgan fingerprint density at radius 2 is 1.93 bits per heavy atom. The van der Waals surface area contributed by atoms with Gasteiger partial charge in [-0.25, -0.2) is 8.78 Å². The largest absolute Gasteiger partial charge is 0.389 e. The molecule has 0 saturated carbocycles. The van der Waals surface area contributed by atoms with Gasteiger partial charge in [-0.05, 0) is 12.8 Å². The minimum absolute atomic E-state index is 0.244. The molecule has 0 aromatic rings. The lowest BCUT2D eigenvalue weighted by molar-refractivity contribution is 0.0114. The van der Waals surface area contributed by atoms with E-state index in [4.69, 9.17) is 0 Å². The summed E-state index contributed by atoms with van der Waals surface area (Å²) in [7, 11) is 0. The van der Waals surface area contributed by atoms with Gasteiger partial charge in [-0.1, -0.05) is 13.8 Å². The van der Waals surface area contributed by atoms with Crippen molar-refractivity contribution >= 4 is 0 Å². The monoisotopic (exact) mass is 225 g/mol. The molecule has 0 bridgehead atoms. The fourth-order valence-electron chi connectivity index (χ4n) is 1.14. The van der Waals surface area contributed by atoms with Crippen molar-refractivity contribution in [1.29, 1.82) is 0 Å². The van der Waals surface area contributed by atoms with Crippen molar-refractivity contribution in [3.05, 3.63) is 0 Å².